The molecule has 0 amide bonds. The van der Waals surface area contributed by atoms with Gasteiger partial charge >= 0.3 is 145 Å². The Morgan fingerprint density at radius 2 is 1.52 bits per heavy atom. The first-order chi connectivity index (χ1) is 19.3. The standard InChI is InChI=1S/C21H19GeN2.C15H28O2.Ir/c1-22(2,3)18-11-7-10-15-12-13-17-20(16-8-5-4-6-9-16)23-14-24-21(17)19(15)18;1-7-14(5,8-2)12(16)11-13(17)15(6,9-3)10-4;/h4-8,10-14H,1-3H3;11,16H,7-10H2,1-6H3;/q-1;;/b;12-11-;. The molecule has 0 bridgehead atoms. The molecule has 0 fully saturated rings. The Balaban J connectivity index is 0.000000307. The molecule has 0 aliphatic heterocycles. The van der Waals surface area contributed by atoms with Gasteiger partial charge in [-0.2, -0.15) is 0 Å². The molecule has 0 aliphatic carbocycles. The number of carbonyl (C=O) groups excluding carboxylic acids is 1. The van der Waals surface area contributed by atoms with Gasteiger partial charge in [0.2, 0.25) is 0 Å². The van der Waals surface area contributed by atoms with Gasteiger partial charge in [-0.3, -0.25) is 4.79 Å². The van der Waals surface area contributed by atoms with E-state index in [-0.39, 0.29) is 42.5 Å². The minimum Gasteiger partial charge on any atom is 0 e. The molecule has 1 radical (unpaired) electrons. The predicted molar refractivity (Wildman–Crippen MR) is 177 cm³/mol. The molecule has 1 N–H and O–H groups in total. The molecule has 1 aromatic heterocycles. The third-order valence-electron chi connectivity index (χ3n) is 9.02. The van der Waals surface area contributed by atoms with Crippen molar-refractivity contribution >= 4 is 45.1 Å². The van der Waals surface area contributed by atoms with Gasteiger partial charge in [-0.1, -0.05) is 41.5 Å². The summed E-state index contributed by atoms with van der Waals surface area (Å²) in [5.74, 6) is 7.58. The van der Waals surface area contributed by atoms with Gasteiger partial charge in [-0.15, -0.1) is 0 Å². The molecule has 0 atom stereocenters. The van der Waals surface area contributed by atoms with E-state index in [1.54, 1.807) is 6.33 Å². The van der Waals surface area contributed by atoms with Crippen LogP contribution in [0.5, 0.6) is 0 Å². The molecule has 4 nitrogen and oxygen atoms in total. The Kier molecular flexibility index (Phi) is 12.7. The molecule has 0 unspecified atom stereocenters. The van der Waals surface area contributed by atoms with Gasteiger partial charge in [0.15, 0.2) is 5.78 Å². The van der Waals surface area contributed by atoms with Gasteiger partial charge in [0.05, 0.1) is 0 Å². The normalized spacial score (nSPS) is 12.5. The number of hydrogen-bond donors (Lipinski definition) is 1. The average Bonchev–Trinajstić information content (AvgIpc) is 2.99. The topological polar surface area (TPSA) is 63.1 Å². The van der Waals surface area contributed by atoms with E-state index in [0.717, 1.165) is 47.8 Å². The monoisotopic (exact) mass is 806 g/mol. The summed E-state index contributed by atoms with van der Waals surface area (Å²) < 4.78 is 1.50. The van der Waals surface area contributed by atoms with Crippen LogP contribution in [0.4, 0.5) is 0 Å². The number of carbonyl (C=O) groups is 1. The largest absolute Gasteiger partial charge is 0 e. The summed E-state index contributed by atoms with van der Waals surface area (Å²) >= 11 is -2.02. The molecule has 6 heteroatoms. The van der Waals surface area contributed by atoms with E-state index in [2.05, 4.69) is 69.7 Å². The predicted octanol–water partition coefficient (Wildman–Crippen LogP) is 9.44. The van der Waals surface area contributed by atoms with Crippen LogP contribution in [-0.4, -0.2) is 34.1 Å². The summed E-state index contributed by atoms with van der Waals surface area (Å²) in [5, 5.41) is 13.8. The van der Waals surface area contributed by atoms with Crippen LogP contribution >= 0.6 is 0 Å². The number of aliphatic hydroxyl groups excluding tert-OH is 1. The Labute approximate surface area is 269 Å². The maximum atomic E-state index is 12.2. The molecule has 4 rings (SSSR count). The van der Waals surface area contributed by atoms with Gasteiger partial charge < -0.3 is 5.11 Å². The van der Waals surface area contributed by atoms with Crippen molar-refractivity contribution in [2.45, 2.75) is 84.5 Å². The second kappa shape index (κ2) is 14.9. The van der Waals surface area contributed by atoms with Crippen molar-refractivity contribution in [1.29, 1.82) is 0 Å². The molecule has 42 heavy (non-hydrogen) atoms. The van der Waals surface area contributed by atoms with E-state index in [1.165, 1.54) is 21.2 Å². The summed E-state index contributed by atoms with van der Waals surface area (Å²) in [6.07, 6.45) is 6.44. The second-order valence-corrected chi connectivity index (χ2v) is 23.1. The zero-order chi connectivity index (χ0) is 30.4. The van der Waals surface area contributed by atoms with Gasteiger partial charge in [0.1, 0.15) is 5.76 Å². The Bertz CT molecular complexity index is 1520. The SMILES string of the molecule is CCC(C)(CC)C(=O)/C=C(\O)C(C)(CC)CC.[CH3][Ge]([CH3])([CH3])[c]1cccc2ccc3c(-c4[c-]cccc4)ncnc3c12.[Ir]. The average molecular weight is 805 g/mol. The van der Waals surface area contributed by atoms with Crippen molar-refractivity contribution in [3.8, 4) is 11.3 Å². The Hall–Kier alpha value is -2.34. The van der Waals surface area contributed by atoms with Crippen molar-refractivity contribution in [1.82, 2.24) is 9.97 Å². The van der Waals surface area contributed by atoms with Crippen LogP contribution in [-0.2, 0) is 24.9 Å². The number of allylic oxidation sites excluding steroid dienone is 2. The third kappa shape index (κ3) is 7.78. The first kappa shape index (κ1) is 35.9. The van der Waals surface area contributed by atoms with Crippen LogP contribution < -0.4 is 4.40 Å². The maximum absolute atomic E-state index is 12.2. The van der Waals surface area contributed by atoms with Crippen LogP contribution in [0.15, 0.2) is 72.8 Å². The van der Waals surface area contributed by atoms with Gasteiger partial charge in [-0.05, 0) is 25.7 Å². The van der Waals surface area contributed by atoms with Crippen molar-refractivity contribution in [2.24, 2.45) is 10.8 Å². The Morgan fingerprint density at radius 3 is 2.07 bits per heavy atom. The smallest absolute Gasteiger partial charge is 0 e. The minimum absolute atomic E-state index is 0. The number of aliphatic hydroxyl groups is 1. The molecule has 0 saturated carbocycles. The Morgan fingerprint density at radius 1 is 0.881 bits per heavy atom. The molecular weight excluding hydrogens is 757 g/mol. The molecule has 4 aromatic rings. The molecular formula is C36H47GeIrN2O2-. The van der Waals surface area contributed by atoms with E-state index < -0.39 is 13.3 Å². The molecule has 1 heterocycles. The summed E-state index contributed by atoms with van der Waals surface area (Å²) in [6.45, 7) is 12.1. The summed E-state index contributed by atoms with van der Waals surface area (Å²) in [6, 6.07) is 22.3. The maximum Gasteiger partial charge on any atom is 0 e. The second-order valence-electron chi connectivity index (χ2n) is 12.5. The first-order valence-electron chi connectivity index (χ1n) is 14.9. The molecule has 227 valence electrons. The van der Waals surface area contributed by atoms with Crippen LogP contribution in [0.3, 0.4) is 0 Å². The van der Waals surface area contributed by atoms with Gasteiger partial charge in [0, 0.05) is 37.0 Å². The quantitative estimate of drug-likeness (QED) is 0.0603. The van der Waals surface area contributed by atoms with Crippen molar-refractivity contribution in [3.05, 3.63) is 78.8 Å². The summed E-state index contributed by atoms with van der Waals surface area (Å²) in [4.78, 5) is 21.4. The molecule has 0 saturated heterocycles. The molecule has 0 aliphatic rings. The van der Waals surface area contributed by atoms with E-state index >= 15 is 0 Å². The number of ketones is 1. The first-order valence-corrected chi connectivity index (χ1v) is 22.3. The number of aromatic nitrogens is 2. The molecule has 0 spiro atoms. The van der Waals surface area contributed by atoms with Crippen LogP contribution in [0.1, 0.15) is 67.2 Å². The fourth-order valence-corrected chi connectivity index (χ4v) is 8.34. The zero-order valence-electron chi connectivity index (χ0n) is 26.8. The van der Waals surface area contributed by atoms with E-state index in [9.17, 15) is 9.90 Å². The van der Waals surface area contributed by atoms with Crippen LogP contribution in [0.2, 0.25) is 17.3 Å². The number of rotatable bonds is 9. The van der Waals surface area contributed by atoms with Crippen molar-refractivity contribution < 1.29 is 30.0 Å². The number of fused-ring (bicyclic) bond motifs is 3. The fourth-order valence-electron chi connectivity index (χ4n) is 4.96. The molecule has 3 aromatic carbocycles. The van der Waals surface area contributed by atoms with Crippen LogP contribution in [0, 0.1) is 16.9 Å². The van der Waals surface area contributed by atoms with Crippen molar-refractivity contribution in [3.63, 3.8) is 0 Å². The summed E-state index contributed by atoms with van der Waals surface area (Å²) in [5.41, 5.74) is 2.43. The number of hydrogen-bond acceptors (Lipinski definition) is 4. The third-order valence-corrected chi connectivity index (χ3v) is 13.3. The summed E-state index contributed by atoms with van der Waals surface area (Å²) in [7, 11) is 0. The van der Waals surface area contributed by atoms with Crippen LogP contribution in [0.25, 0.3) is 32.9 Å². The van der Waals surface area contributed by atoms with Gasteiger partial charge in [-0.25, -0.2) is 0 Å². The zero-order valence-corrected chi connectivity index (χ0v) is 31.3. The van der Waals surface area contributed by atoms with E-state index in [4.69, 9.17) is 0 Å². The number of benzene rings is 3. The van der Waals surface area contributed by atoms with E-state index in [1.807, 2.05) is 59.7 Å². The number of nitrogens with zero attached hydrogens (tertiary/aromatic N) is 2. The van der Waals surface area contributed by atoms with E-state index in [0.29, 0.717) is 0 Å². The van der Waals surface area contributed by atoms with Crippen molar-refractivity contribution in [2.75, 3.05) is 0 Å². The minimum atomic E-state index is -2.02. The fraction of sp³-hybridized carbons (Fsp3) is 0.417. The van der Waals surface area contributed by atoms with Gasteiger partial charge in [0.25, 0.3) is 0 Å².